The van der Waals surface area contributed by atoms with Crippen molar-refractivity contribution in [2.45, 2.75) is 13.0 Å². The molecule has 7 heteroatoms. The van der Waals surface area contributed by atoms with Gasteiger partial charge in [-0.1, -0.05) is 30.3 Å². The zero-order valence-electron chi connectivity index (χ0n) is 14.1. The fraction of sp³-hybridized carbons (Fsp3) is 0.389. The molecule has 7 nitrogen and oxygen atoms in total. The maximum Gasteiger partial charge on any atom is 0.252 e. The van der Waals surface area contributed by atoms with Crippen LogP contribution in [0.5, 0.6) is 0 Å². The van der Waals surface area contributed by atoms with Gasteiger partial charge in [-0.25, -0.2) is 4.98 Å². The second-order valence-corrected chi connectivity index (χ2v) is 5.97. The first-order chi connectivity index (χ1) is 12.2. The molecule has 3 rings (SSSR count). The molecule has 1 saturated heterocycles. The first-order valence-electron chi connectivity index (χ1n) is 8.41. The van der Waals surface area contributed by atoms with E-state index in [0.717, 1.165) is 18.5 Å². The Hall–Kier alpha value is -2.67. The van der Waals surface area contributed by atoms with Gasteiger partial charge in [-0.15, -0.1) is 0 Å². The molecule has 2 heterocycles. The Morgan fingerprint density at radius 3 is 2.80 bits per heavy atom. The van der Waals surface area contributed by atoms with Gasteiger partial charge in [-0.2, -0.15) is 0 Å². The van der Waals surface area contributed by atoms with Gasteiger partial charge in [-0.3, -0.25) is 9.59 Å². The molecule has 1 aromatic carbocycles. The fourth-order valence-corrected chi connectivity index (χ4v) is 2.85. The summed E-state index contributed by atoms with van der Waals surface area (Å²) in [6, 6.07) is 11.3. The average molecular weight is 342 g/mol. The molecule has 0 saturated carbocycles. The zero-order chi connectivity index (χ0) is 17.5. The van der Waals surface area contributed by atoms with Crippen LogP contribution < -0.4 is 10.5 Å². The van der Waals surface area contributed by atoms with Crippen LogP contribution >= 0.6 is 0 Å². The number of rotatable bonds is 5. The van der Waals surface area contributed by atoms with Crippen molar-refractivity contribution in [3.8, 4) is 0 Å². The van der Waals surface area contributed by atoms with Gasteiger partial charge in [0.25, 0.3) is 5.56 Å². The summed E-state index contributed by atoms with van der Waals surface area (Å²) in [6.07, 6.45) is 2.24. The van der Waals surface area contributed by atoms with E-state index in [0.29, 0.717) is 32.1 Å². The number of ether oxygens (including phenoxy) is 1. The highest BCUT2D eigenvalue weighted by Gasteiger charge is 2.20. The van der Waals surface area contributed by atoms with Crippen molar-refractivity contribution in [2.75, 3.05) is 37.7 Å². The lowest BCUT2D eigenvalue weighted by Crippen LogP contribution is -2.37. The molecule has 1 aliphatic heterocycles. The van der Waals surface area contributed by atoms with Crippen LogP contribution in [0.1, 0.15) is 12.0 Å². The molecule has 0 unspecified atom stereocenters. The molecular weight excluding hydrogens is 320 g/mol. The number of anilines is 1. The first-order valence-corrected chi connectivity index (χ1v) is 8.41. The number of amides is 1. The smallest absolute Gasteiger partial charge is 0.252 e. The normalized spacial score (nSPS) is 15.0. The number of benzene rings is 1. The highest BCUT2D eigenvalue weighted by atomic mass is 16.5. The standard InChI is InChI=1S/C18H22N4O3/c23-17-11-16(19-14-20-17)21-7-4-8-22(10-9-21)18(24)13-25-12-15-5-2-1-3-6-15/h1-3,5-6,11,14H,4,7-10,12-13H2,(H,19,20,23). The summed E-state index contributed by atoms with van der Waals surface area (Å²) in [5.41, 5.74) is 0.884. The average Bonchev–Trinajstić information content (AvgIpc) is 2.89. The minimum atomic E-state index is -0.170. The van der Waals surface area contributed by atoms with Crippen LogP contribution in [0.4, 0.5) is 5.82 Å². The van der Waals surface area contributed by atoms with E-state index in [-0.39, 0.29) is 18.1 Å². The third-order valence-corrected chi connectivity index (χ3v) is 4.17. The lowest BCUT2D eigenvalue weighted by molar-refractivity contribution is -0.136. The van der Waals surface area contributed by atoms with Gasteiger partial charge in [-0.05, 0) is 12.0 Å². The highest BCUT2D eigenvalue weighted by molar-refractivity contribution is 5.77. The van der Waals surface area contributed by atoms with Crippen LogP contribution in [-0.2, 0) is 16.1 Å². The third kappa shape index (κ3) is 4.90. The molecule has 1 aromatic heterocycles. The molecule has 2 aromatic rings. The number of aromatic nitrogens is 2. The zero-order valence-corrected chi connectivity index (χ0v) is 14.1. The van der Waals surface area contributed by atoms with Crippen LogP contribution in [0, 0.1) is 0 Å². The van der Waals surface area contributed by atoms with Crippen molar-refractivity contribution in [3.05, 3.63) is 58.6 Å². The quantitative estimate of drug-likeness (QED) is 0.878. The van der Waals surface area contributed by atoms with E-state index in [4.69, 9.17) is 4.74 Å². The Morgan fingerprint density at radius 2 is 2.00 bits per heavy atom. The van der Waals surface area contributed by atoms with Gasteiger partial charge >= 0.3 is 0 Å². The number of H-pyrrole nitrogens is 1. The number of nitrogens with zero attached hydrogens (tertiary/aromatic N) is 3. The van der Waals surface area contributed by atoms with Crippen LogP contribution in [0.3, 0.4) is 0 Å². The maximum atomic E-state index is 12.4. The Labute approximate surface area is 146 Å². The Balaban J connectivity index is 1.48. The lowest BCUT2D eigenvalue weighted by atomic mass is 10.2. The van der Waals surface area contributed by atoms with E-state index in [1.165, 1.54) is 12.4 Å². The van der Waals surface area contributed by atoms with E-state index >= 15 is 0 Å². The van der Waals surface area contributed by atoms with Crippen molar-refractivity contribution in [1.29, 1.82) is 0 Å². The summed E-state index contributed by atoms with van der Waals surface area (Å²) in [5, 5.41) is 0. The van der Waals surface area contributed by atoms with Crippen molar-refractivity contribution in [3.63, 3.8) is 0 Å². The second-order valence-electron chi connectivity index (χ2n) is 5.97. The largest absolute Gasteiger partial charge is 0.367 e. The Kier molecular flexibility index (Phi) is 5.79. The first kappa shape index (κ1) is 17.2. The Bertz CT molecular complexity index is 747. The highest BCUT2D eigenvalue weighted by Crippen LogP contribution is 2.11. The molecule has 0 bridgehead atoms. The van der Waals surface area contributed by atoms with Crippen LogP contribution in [0.15, 0.2) is 47.5 Å². The summed E-state index contributed by atoms with van der Waals surface area (Å²) < 4.78 is 5.54. The number of hydrogen-bond donors (Lipinski definition) is 1. The molecule has 1 aliphatic rings. The number of aromatic amines is 1. The monoisotopic (exact) mass is 342 g/mol. The van der Waals surface area contributed by atoms with Gasteiger partial charge < -0.3 is 19.5 Å². The topological polar surface area (TPSA) is 78.5 Å². The fourth-order valence-electron chi connectivity index (χ4n) is 2.85. The lowest BCUT2D eigenvalue weighted by Gasteiger charge is -2.22. The summed E-state index contributed by atoms with van der Waals surface area (Å²) in [7, 11) is 0. The van der Waals surface area contributed by atoms with Crippen molar-refractivity contribution in [2.24, 2.45) is 0 Å². The third-order valence-electron chi connectivity index (χ3n) is 4.17. The van der Waals surface area contributed by atoms with E-state index < -0.39 is 0 Å². The number of hydrogen-bond acceptors (Lipinski definition) is 5. The van der Waals surface area contributed by atoms with Gasteiger partial charge in [0.05, 0.1) is 12.9 Å². The molecule has 0 spiro atoms. The van der Waals surface area contributed by atoms with Gasteiger partial charge in [0.2, 0.25) is 5.91 Å². The van der Waals surface area contributed by atoms with Gasteiger partial charge in [0, 0.05) is 32.2 Å². The molecule has 0 radical (unpaired) electrons. The summed E-state index contributed by atoms with van der Waals surface area (Å²) >= 11 is 0. The minimum absolute atomic E-state index is 0.00310. The molecule has 0 atom stereocenters. The van der Waals surface area contributed by atoms with E-state index in [1.807, 2.05) is 40.1 Å². The minimum Gasteiger partial charge on any atom is -0.367 e. The molecular formula is C18H22N4O3. The molecule has 25 heavy (non-hydrogen) atoms. The van der Waals surface area contributed by atoms with Crippen LogP contribution in [0.25, 0.3) is 0 Å². The van der Waals surface area contributed by atoms with E-state index in [1.54, 1.807) is 0 Å². The van der Waals surface area contributed by atoms with Crippen molar-refractivity contribution in [1.82, 2.24) is 14.9 Å². The summed E-state index contributed by atoms with van der Waals surface area (Å²) in [6.45, 7) is 3.22. The van der Waals surface area contributed by atoms with E-state index in [2.05, 4.69) is 9.97 Å². The maximum absolute atomic E-state index is 12.4. The predicted molar refractivity (Wildman–Crippen MR) is 94.4 cm³/mol. The van der Waals surface area contributed by atoms with Crippen LogP contribution in [-0.4, -0.2) is 53.6 Å². The molecule has 0 aliphatic carbocycles. The van der Waals surface area contributed by atoms with E-state index in [9.17, 15) is 9.59 Å². The molecule has 1 fully saturated rings. The van der Waals surface area contributed by atoms with Crippen molar-refractivity contribution < 1.29 is 9.53 Å². The van der Waals surface area contributed by atoms with Gasteiger partial charge in [0.15, 0.2) is 0 Å². The molecule has 132 valence electrons. The predicted octanol–water partition coefficient (Wildman–Crippen LogP) is 1.03. The summed E-state index contributed by atoms with van der Waals surface area (Å²) in [5.74, 6) is 0.648. The number of carbonyl (C=O) groups excluding carboxylic acids is 1. The molecule has 1 amide bonds. The second kappa shape index (κ2) is 8.43. The summed E-state index contributed by atoms with van der Waals surface area (Å²) in [4.78, 5) is 34.3. The van der Waals surface area contributed by atoms with Crippen LogP contribution in [0.2, 0.25) is 0 Å². The SMILES string of the molecule is O=C(COCc1ccccc1)N1CCCN(c2cc(=O)[nH]cn2)CC1. The number of nitrogens with one attached hydrogen (secondary N) is 1. The Morgan fingerprint density at radius 1 is 1.16 bits per heavy atom. The number of carbonyl (C=O) groups is 1. The molecule has 1 N–H and O–H groups in total. The van der Waals surface area contributed by atoms with Crippen molar-refractivity contribution >= 4 is 11.7 Å². The van der Waals surface area contributed by atoms with Gasteiger partial charge in [0.1, 0.15) is 12.4 Å².